The SMILES string of the molecule is COc1cc(C(=O)N2CCN(C(=O)c3ccc(N4CCc5ccccc5C4)cc3)CC2)ccc1C. The van der Waals surface area contributed by atoms with Crippen molar-refractivity contribution in [2.45, 2.75) is 19.9 Å². The highest BCUT2D eigenvalue weighted by Crippen LogP contribution is 2.25. The molecule has 1 saturated heterocycles. The van der Waals surface area contributed by atoms with Crippen molar-refractivity contribution in [3.8, 4) is 5.75 Å². The van der Waals surface area contributed by atoms with Crippen LogP contribution in [-0.4, -0.2) is 61.4 Å². The van der Waals surface area contributed by atoms with Gasteiger partial charge >= 0.3 is 0 Å². The Balaban J connectivity index is 1.19. The molecule has 3 aromatic rings. The standard InChI is InChI=1S/C29H31N3O3/c1-21-7-8-24(19-27(21)35-2)29(34)31-17-15-30(16-18-31)28(33)23-9-11-26(12-10-23)32-14-13-22-5-3-4-6-25(22)20-32/h3-12,19H,13-18,20H2,1-2H3. The minimum atomic E-state index is -0.0251. The Morgan fingerprint density at radius 2 is 1.34 bits per heavy atom. The fourth-order valence-electron chi connectivity index (χ4n) is 4.96. The molecule has 2 aliphatic heterocycles. The third-order valence-electron chi connectivity index (χ3n) is 7.12. The first-order valence-corrected chi connectivity index (χ1v) is 12.2. The summed E-state index contributed by atoms with van der Waals surface area (Å²) in [6.45, 7) is 5.92. The Morgan fingerprint density at radius 1 is 0.743 bits per heavy atom. The van der Waals surface area contributed by atoms with Crippen molar-refractivity contribution in [1.29, 1.82) is 0 Å². The summed E-state index contributed by atoms with van der Waals surface area (Å²) in [6, 6.07) is 22.1. The summed E-state index contributed by atoms with van der Waals surface area (Å²) < 4.78 is 5.36. The van der Waals surface area contributed by atoms with Gasteiger partial charge in [-0.2, -0.15) is 0 Å². The normalized spacial score (nSPS) is 15.5. The van der Waals surface area contributed by atoms with Crippen molar-refractivity contribution in [3.05, 3.63) is 94.5 Å². The molecule has 2 heterocycles. The van der Waals surface area contributed by atoms with Crippen molar-refractivity contribution in [2.75, 3.05) is 44.7 Å². The molecule has 2 amide bonds. The van der Waals surface area contributed by atoms with E-state index in [0.29, 0.717) is 43.1 Å². The lowest BCUT2D eigenvalue weighted by atomic mass is 9.99. The van der Waals surface area contributed by atoms with Crippen LogP contribution >= 0.6 is 0 Å². The number of amides is 2. The molecule has 6 heteroatoms. The van der Waals surface area contributed by atoms with Crippen LogP contribution in [-0.2, 0) is 13.0 Å². The largest absolute Gasteiger partial charge is 0.496 e. The second-order valence-electron chi connectivity index (χ2n) is 9.26. The molecule has 3 aromatic carbocycles. The molecule has 35 heavy (non-hydrogen) atoms. The molecular formula is C29H31N3O3. The van der Waals surface area contributed by atoms with Crippen molar-refractivity contribution in [3.63, 3.8) is 0 Å². The lowest BCUT2D eigenvalue weighted by Crippen LogP contribution is -2.50. The summed E-state index contributed by atoms with van der Waals surface area (Å²) in [5.74, 6) is 0.703. The Kier molecular flexibility index (Phi) is 6.45. The molecule has 0 aromatic heterocycles. The van der Waals surface area contributed by atoms with Crippen LogP contribution in [0, 0.1) is 6.92 Å². The van der Waals surface area contributed by atoms with Gasteiger partial charge in [0.15, 0.2) is 0 Å². The van der Waals surface area contributed by atoms with E-state index in [0.717, 1.165) is 30.8 Å². The van der Waals surface area contributed by atoms with E-state index >= 15 is 0 Å². The highest BCUT2D eigenvalue weighted by molar-refractivity contribution is 5.96. The number of fused-ring (bicyclic) bond motifs is 1. The molecule has 0 N–H and O–H groups in total. The lowest BCUT2D eigenvalue weighted by molar-refractivity contribution is 0.0535. The maximum absolute atomic E-state index is 13.1. The maximum atomic E-state index is 13.1. The first kappa shape index (κ1) is 23.0. The zero-order valence-electron chi connectivity index (χ0n) is 20.4. The van der Waals surface area contributed by atoms with Gasteiger partial charge in [0.2, 0.25) is 0 Å². The van der Waals surface area contributed by atoms with Crippen LogP contribution in [0.2, 0.25) is 0 Å². The predicted octanol–water partition coefficient (Wildman–Crippen LogP) is 4.16. The van der Waals surface area contributed by atoms with Gasteiger partial charge in [-0.25, -0.2) is 0 Å². The van der Waals surface area contributed by atoms with E-state index in [9.17, 15) is 9.59 Å². The average molecular weight is 470 g/mol. The van der Waals surface area contributed by atoms with E-state index in [1.165, 1.54) is 11.1 Å². The number of hydrogen-bond donors (Lipinski definition) is 0. The summed E-state index contributed by atoms with van der Waals surface area (Å²) in [6.07, 6.45) is 1.04. The Hall–Kier alpha value is -3.80. The quantitative estimate of drug-likeness (QED) is 0.576. The summed E-state index contributed by atoms with van der Waals surface area (Å²) in [7, 11) is 1.61. The van der Waals surface area contributed by atoms with Crippen LogP contribution in [0.4, 0.5) is 5.69 Å². The highest BCUT2D eigenvalue weighted by atomic mass is 16.5. The fourth-order valence-corrected chi connectivity index (χ4v) is 4.96. The van der Waals surface area contributed by atoms with Crippen LogP contribution in [0.3, 0.4) is 0 Å². The van der Waals surface area contributed by atoms with Gasteiger partial charge in [-0.15, -0.1) is 0 Å². The molecule has 5 rings (SSSR count). The summed E-state index contributed by atoms with van der Waals surface area (Å²) in [5, 5.41) is 0. The summed E-state index contributed by atoms with van der Waals surface area (Å²) in [5.41, 5.74) is 6.23. The molecule has 0 radical (unpaired) electrons. The summed E-state index contributed by atoms with van der Waals surface area (Å²) >= 11 is 0. The van der Waals surface area contributed by atoms with Crippen LogP contribution in [0.15, 0.2) is 66.7 Å². The van der Waals surface area contributed by atoms with Gasteiger partial charge in [-0.05, 0) is 66.4 Å². The van der Waals surface area contributed by atoms with Crippen LogP contribution in [0.5, 0.6) is 5.75 Å². The minimum Gasteiger partial charge on any atom is -0.496 e. The van der Waals surface area contributed by atoms with Gasteiger partial charge < -0.3 is 19.4 Å². The number of rotatable bonds is 4. The molecule has 1 fully saturated rings. The second-order valence-corrected chi connectivity index (χ2v) is 9.26. The molecule has 2 aliphatic rings. The minimum absolute atomic E-state index is 0.0182. The zero-order chi connectivity index (χ0) is 24.4. The Bertz CT molecular complexity index is 1230. The van der Waals surface area contributed by atoms with Gasteiger partial charge in [-0.3, -0.25) is 9.59 Å². The summed E-state index contributed by atoms with van der Waals surface area (Å²) in [4.78, 5) is 32.1. The number of ether oxygens (including phenoxy) is 1. The molecule has 0 bridgehead atoms. The fraction of sp³-hybridized carbons (Fsp3) is 0.310. The predicted molar refractivity (Wildman–Crippen MR) is 137 cm³/mol. The first-order valence-electron chi connectivity index (χ1n) is 12.2. The second kappa shape index (κ2) is 9.82. The van der Waals surface area contributed by atoms with Crippen molar-refractivity contribution in [2.24, 2.45) is 0 Å². The lowest BCUT2D eigenvalue weighted by Gasteiger charge is -2.35. The van der Waals surface area contributed by atoms with Gasteiger partial charge in [0.25, 0.3) is 11.8 Å². The number of carbonyl (C=O) groups is 2. The number of piperazine rings is 1. The van der Waals surface area contributed by atoms with E-state index in [1.54, 1.807) is 13.2 Å². The van der Waals surface area contributed by atoms with Crippen molar-refractivity contribution >= 4 is 17.5 Å². The molecule has 0 saturated carbocycles. The molecule has 0 unspecified atom stereocenters. The van der Waals surface area contributed by atoms with E-state index < -0.39 is 0 Å². The number of nitrogens with zero attached hydrogens (tertiary/aromatic N) is 3. The number of hydrogen-bond acceptors (Lipinski definition) is 4. The van der Waals surface area contributed by atoms with Crippen LogP contribution < -0.4 is 9.64 Å². The van der Waals surface area contributed by atoms with Gasteiger partial charge in [-0.1, -0.05) is 30.3 Å². The van der Waals surface area contributed by atoms with Gasteiger partial charge in [0, 0.05) is 56.1 Å². The third kappa shape index (κ3) is 4.74. The van der Waals surface area contributed by atoms with Crippen LogP contribution in [0.25, 0.3) is 0 Å². The molecular weight excluding hydrogens is 438 g/mol. The molecule has 0 aliphatic carbocycles. The average Bonchev–Trinajstić information content (AvgIpc) is 2.92. The van der Waals surface area contributed by atoms with E-state index in [-0.39, 0.29) is 11.8 Å². The van der Waals surface area contributed by atoms with Gasteiger partial charge in [0.05, 0.1) is 7.11 Å². The maximum Gasteiger partial charge on any atom is 0.254 e. The number of carbonyl (C=O) groups excluding carboxylic acids is 2. The molecule has 0 atom stereocenters. The smallest absolute Gasteiger partial charge is 0.254 e. The van der Waals surface area contributed by atoms with Gasteiger partial charge in [0.1, 0.15) is 5.75 Å². The Morgan fingerprint density at radius 3 is 2.00 bits per heavy atom. The Labute approximate surface area is 206 Å². The number of aryl methyl sites for hydroxylation is 1. The third-order valence-corrected chi connectivity index (χ3v) is 7.12. The number of benzene rings is 3. The van der Waals surface area contributed by atoms with Crippen molar-refractivity contribution in [1.82, 2.24) is 9.80 Å². The topological polar surface area (TPSA) is 53.1 Å². The highest BCUT2D eigenvalue weighted by Gasteiger charge is 2.26. The zero-order valence-corrected chi connectivity index (χ0v) is 20.4. The molecule has 180 valence electrons. The molecule has 0 spiro atoms. The van der Waals surface area contributed by atoms with Crippen LogP contribution in [0.1, 0.15) is 37.4 Å². The monoisotopic (exact) mass is 469 g/mol. The molecule has 6 nitrogen and oxygen atoms in total. The van der Waals surface area contributed by atoms with E-state index in [1.807, 2.05) is 53.1 Å². The van der Waals surface area contributed by atoms with Crippen molar-refractivity contribution < 1.29 is 14.3 Å². The number of anilines is 1. The van der Waals surface area contributed by atoms with E-state index in [2.05, 4.69) is 29.2 Å². The first-order chi connectivity index (χ1) is 17.0. The van der Waals surface area contributed by atoms with E-state index in [4.69, 9.17) is 4.74 Å². The number of methoxy groups -OCH3 is 1.